The van der Waals surface area contributed by atoms with Crippen LogP contribution in [0.4, 0.5) is 5.82 Å². The van der Waals surface area contributed by atoms with Gasteiger partial charge < -0.3 is 5.32 Å². The lowest BCUT2D eigenvalue weighted by Gasteiger charge is -2.12. The molecule has 0 saturated heterocycles. The normalized spacial score (nSPS) is 11.0. The Morgan fingerprint density at radius 2 is 2.04 bits per heavy atom. The van der Waals surface area contributed by atoms with E-state index in [0.717, 1.165) is 5.56 Å². The molecule has 1 amide bonds. The topological polar surface area (TPSA) is 80.5 Å². The Hall–Kier alpha value is -2.45. The summed E-state index contributed by atoms with van der Waals surface area (Å²) in [4.78, 5) is 12.5. The molecular weight excluding hydrogens is 360 g/mol. The van der Waals surface area contributed by atoms with Crippen molar-refractivity contribution in [1.29, 1.82) is 0 Å². The molecule has 130 valence electrons. The molecule has 0 unspecified atom stereocenters. The highest BCUT2D eigenvalue weighted by Crippen LogP contribution is 2.20. The number of anilines is 1. The second kappa shape index (κ2) is 7.20. The van der Waals surface area contributed by atoms with E-state index in [1.54, 1.807) is 33.6 Å². The molecule has 0 aliphatic heterocycles. The first kappa shape index (κ1) is 17.4. The van der Waals surface area contributed by atoms with Crippen LogP contribution in [0.25, 0.3) is 11.4 Å². The van der Waals surface area contributed by atoms with E-state index in [4.69, 9.17) is 23.8 Å². The number of carbonyl (C=O) groups excluding carboxylic acids is 1. The predicted octanol–water partition coefficient (Wildman–Crippen LogP) is 3.68. The summed E-state index contributed by atoms with van der Waals surface area (Å²) in [5.74, 6) is 1.01. The third kappa shape index (κ3) is 3.80. The lowest BCUT2D eigenvalue weighted by atomic mass is 10.2. The highest BCUT2D eigenvalue weighted by molar-refractivity contribution is 7.71. The van der Waals surface area contributed by atoms with Crippen LogP contribution in [0.2, 0.25) is 5.02 Å². The van der Waals surface area contributed by atoms with Crippen LogP contribution in [0.1, 0.15) is 19.9 Å². The highest BCUT2D eigenvalue weighted by atomic mass is 35.5. The van der Waals surface area contributed by atoms with Gasteiger partial charge in [0.15, 0.2) is 10.6 Å². The van der Waals surface area contributed by atoms with E-state index in [9.17, 15) is 4.79 Å². The molecule has 0 saturated carbocycles. The smallest absolute Gasteiger partial charge is 0.245 e. The Morgan fingerprint density at radius 1 is 1.32 bits per heavy atom. The van der Waals surface area contributed by atoms with Crippen molar-refractivity contribution in [1.82, 2.24) is 24.5 Å². The Labute approximate surface area is 154 Å². The van der Waals surface area contributed by atoms with Gasteiger partial charge in [-0.2, -0.15) is 10.2 Å². The molecule has 0 atom stereocenters. The Balaban J connectivity index is 1.82. The number of amides is 1. The van der Waals surface area contributed by atoms with Crippen LogP contribution >= 0.6 is 23.8 Å². The Kier molecular flexibility index (Phi) is 5.00. The van der Waals surface area contributed by atoms with Gasteiger partial charge in [0.05, 0.1) is 6.20 Å². The van der Waals surface area contributed by atoms with Gasteiger partial charge in [0.1, 0.15) is 12.4 Å². The second-order valence-corrected chi connectivity index (χ2v) is 6.57. The summed E-state index contributed by atoms with van der Waals surface area (Å²) in [5, 5.41) is 14.6. The maximum atomic E-state index is 12.5. The first-order valence-electron chi connectivity index (χ1n) is 7.70. The van der Waals surface area contributed by atoms with E-state index < -0.39 is 0 Å². The molecule has 2 N–H and O–H groups in total. The summed E-state index contributed by atoms with van der Waals surface area (Å²) < 4.78 is 3.76. The molecule has 9 heteroatoms. The largest absolute Gasteiger partial charge is 0.309 e. The number of nitrogens with one attached hydrogen (secondary N) is 2. The van der Waals surface area contributed by atoms with Crippen molar-refractivity contribution >= 4 is 35.5 Å². The van der Waals surface area contributed by atoms with Crippen LogP contribution in [-0.4, -0.2) is 30.5 Å². The minimum atomic E-state index is -0.213. The van der Waals surface area contributed by atoms with Crippen molar-refractivity contribution in [3.05, 3.63) is 46.3 Å². The fraction of sp³-hybridized carbons (Fsp3) is 0.250. The molecule has 2 aromatic heterocycles. The van der Waals surface area contributed by atoms with Gasteiger partial charge in [0.2, 0.25) is 5.91 Å². The van der Waals surface area contributed by atoms with E-state index in [0.29, 0.717) is 21.4 Å². The summed E-state index contributed by atoms with van der Waals surface area (Å²) in [5.41, 5.74) is 0.816. The van der Waals surface area contributed by atoms with Gasteiger partial charge in [0.25, 0.3) is 0 Å². The third-order valence-electron chi connectivity index (χ3n) is 3.59. The van der Waals surface area contributed by atoms with Gasteiger partial charge in [-0.15, -0.1) is 0 Å². The maximum Gasteiger partial charge on any atom is 0.245 e. The van der Waals surface area contributed by atoms with Crippen LogP contribution in [-0.2, 0) is 11.3 Å². The van der Waals surface area contributed by atoms with E-state index >= 15 is 0 Å². The third-order valence-corrected chi connectivity index (χ3v) is 4.15. The van der Waals surface area contributed by atoms with Crippen molar-refractivity contribution < 1.29 is 4.79 Å². The zero-order valence-corrected chi connectivity index (χ0v) is 15.3. The van der Waals surface area contributed by atoms with Crippen molar-refractivity contribution in [2.45, 2.75) is 26.4 Å². The number of nitrogens with zero attached hydrogens (tertiary/aromatic N) is 4. The van der Waals surface area contributed by atoms with Crippen molar-refractivity contribution in [3.8, 4) is 11.4 Å². The number of hydrogen-bond donors (Lipinski definition) is 2. The summed E-state index contributed by atoms with van der Waals surface area (Å²) in [6.45, 7) is 4.03. The fourth-order valence-electron chi connectivity index (χ4n) is 2.43. The Morgan fingerprint density at radius 3 is 2.72 bits per heavy atom. The SMILES string of the molecule is CC(C)n1nccc1NC(=O)Cn1c(-c2ccc(Cl)cc2)n[nH]c1=S. The summed E-state index contributed by atoms with van der Waals surface area (Å²) >= 11 is 11.2. The molecule has 25 heavy (non-hydrogen) atoms. The van der Waals surface area contributed by atoms with Crippen LogP contribution in [0, 0.1) is 4.77 Å². The number of aromatic amines is 1. The number of carbonyl (C=O) groups is 1. The predicted molar refractivity (Wildman–Crippen MR) is 99.1 cm³/mol. The fourth-order valence-corrected chi connectivity index (χ4v) is 2.76. The van der Waals surface area contributed by atoms with Gasteiger partial charge in [-0.05, 0) is 50.3 Å². The molecule has 0 fully saturated rings. The second-order valence-electron chi connectivity index (χ2n) is 5.75. The Bertz CT molecular complexity index is 940. The molecule has 3 aromatic rings. The van der Waals surface area contributed by atoms with Crippen molar-refractivity contribution in [3.63, 3.8) is 0 Å². The highest BCUT2D eigenvalue weighted by Gasteiger charge is 2.14. The van der Waals surface area contributed by atoms with Gasteiger partial charge >= 0.3 is 0 Å². The first-order valence-corrected chi connectivity index (χ1v) is 8.49. The average Bonchev–Trinajstić information content (AvgIpc) is 3.16. The van der Waals surface area contributed by atoms with Gasteiger partial charge in [-0.1, -0.05) is 11.6 Å². The number of hydrogen-bond acceptors (Lipinski definition) is 4. The zero-order chi connectivity index (χ0) is 18.0. The quantitative estimate of drug-likeness (QED) is 0.665. The number of benzene rings is 1. The molecule has 0 aliphatic carbocycles. The number of halogens is 1. The van der Waals surface area contributed by atoms with Crippen LogP contribution in [0.5, 0.6) is 0 Å². The van der Waals surface area contributed by atoms with E-state index in [2.05, 4.69) is 20.6 Å². The summed E-state index contributed by atoms with van der Waals surface area (Å²) in [6.07, 6.45) is 1.65. The lowest BCUT2D eigenvalue weighted by molar-refractivity contribution is -0.116. The monoisotopic (exact) mass is 376 g/mol. The minimum Gasteiger partial charge on any atom is -0.309 e. The molecule has 0 radical (unpaired) electrons. The first-order chi connectivity index (χ1) is 12.0. The van der Waals surface area contributed by atoms with E-state index in [1.807, 2.05) is 26.0 Å². The molecule has 0 spiro atoms. The zero-order valence-electron chi connectivity index (χ0n) is 13.7. The lowest BCUT2D eigenvalue weighted by Crippen LogP contribution is -2.22. The van der Waals surface area contributed by atoms with Crippen molar-refractivity contribution in [2.24, 2.45) is 0 Å². The number of aromatic nitrogens is 5. The minimum absolute atomic E-state index is 0.0383. The molecule has 2 heterocycles. The average molecular weight is 377 g/mol. The molecule has 0 bridgehead atoms. The molecular formula is C16H17ClN6OS. The van der Waals surface area contributed by atoms with Gasteiger partial charge in [0, 0.05) is 22.7 Å². The van der Waals surface area contributed by atoms with Gasteiger partial charge in [-0.3, -0.25) is 14.5 Å². The number of rotatable bonds is 5. The molecule has 1 aromatic carbocycles. The van der Waals surface area contributed by atoms with E-state index in [-0.39, 0.29) is 18.5 Å². The van der Waals surface area contributed by atoms with Crippen LogP contribution in [0.3, 0.4) is 0 Å². The molecule has 0 aliphatic rings. The standard InChI is InChI=1S/C16H17ClN6OS/c1-10(2)23-13(7-8-18-23)19-14(24)9-22-15(20-21-16(22)25)11-3-5-12(17)6-4-11/h3-8,10H,9H2,1-2H3,(H,19,24)(H,21,25). The number of H-pyrrole nitrogens is 1. The summed E-state index contributed by atoms with van der Waals surface area (Å²) in [6, 6.07) is 9.09. The molecule has 7 nitrogen and oxygen atoms in total. The maximum absolute atomic E-state index is 12.5. The van der Waals surface area contributed by atoms with Crippen molar-refractivity contribution in [2.75, 3.05) is 5.32 Å². The van der Waals surface area contributed by atoms with Crippen LogP contribution in [0.15, 0.2) is 36.5 Å². The van der Waals surface area contributed by atoms with Crippen LogP contribution < -0.4 is 5.32 Å². The summed E-state index contributed by atoms with van der Waals surface area (Å²) in [7, 11) is 0. The van der Waals surface area contributed by atoms with E-state index in [1.165, 1.54) is 0 Å². The molecule has 3 rings (SSSR count). The van der Waals surface area contributed by atoms with Gasteiger partial charge in [-0.25, -0.2) is 4.68 Å².